The number of rotatable bonds is 5. The molecule has 0 radical (unpaired) electrons. The third-order valence-corrected chi connectivity index (χ3v) is 5.65. The minimum absolute atomic E-state index is 0.104. The van der Waals surface area contributed by atoms with Gasteiger partial charge in [0.25, 0.3) is 0 Å². The number of carbonyl (C=O) groups is 1. The molecule has 0 spiro atoms. The van der Waals surface area contributed by atoms with Crippen molar-refractivity contribution < 1.29 is 4.79 Å². The number of hydrogen-bond acceptors (Lipinski definition) is 4. The largest absolute Gasteiger partial charge is 0.361 e. The molecule has 1 aliphatic rings. The smallest absolute Gasteiger partial charge is 0.249 e. The lowest BCUT2D eigenvalue weighted by atomic mass is 9.98. The molecule has 0 fully saturated rings. The molecule has 0 aromatic heterocycles. The van der Waals surface area contributed by atoms with Crippen LogP contribution in [0, 0.1) is 12.8 Å². The minimum atomic E-state index is -0.104. The maximum atomic E-state index is 12.7. The number of likely N-dealkylation sites (N-methyl/N-ethyl adjacent to an activating group) is 2. The number of anilines is 3. The van der Waals surface area contributed by atoms with E-state index in [4.69, 9.17) is 0 Å². The van der Waals surface area contributed by atoms with Crippen LogP contribution in [-0.4, -0.2) is 26.0 Å². The minimum Gasteiger partial charge on any atom is -0.361 e. The summed E-state index contributed by atoms with van der Waals surface area (Å²) in [6, 6.07) is 14.5. The van der Waals surface area contributed by atoms with E-state index in [0.29, 0.717) is 5.92 Å². The summed E-state index contributed by atoms with van der Waals surface area (Å²) < 4.78 is 3.42. The molecule has 2 aromatic rings. The molecule has 0 bridgehead atoms. The van der Waals surface area contributed by atoms with Crippen molar-refractivity contribution in [1.82, 2.24) is 0 Å². The standard InChI is InChI=1S/C21H27N3OS/c1-14(2)12-20-21(25)24(5)18-11-8-16(13-19(18)23(20)4)22-26-17-9-6-15(3)7-10-17/h6-11,13-14,20,22H,12H2,1-5H3/t20-/m1/s1. The molecular formula is C21H27N3OS. The average molecular weight is 370 g/mol. The normalized spacial score (nSPS) is 16.8. The summed E-state index contributed by atoms with van der Waals surface area (Å²) in [7, 11) is 3.89. The second-order valence-electron chi connectivity index (χ2n) is 7.37. The fourth-order valence-corrected chi connectivity index (χ4v) is 3.89. The van der Waals surface area contributed by atoms with Crippen LogP contribution in [0.15, 0.2) is 47.4 Å². The zero-order valence-corrected chi connectivity index (χ0v) is 16.9. The van der Waals surface area contributed by atoms with Crippen molar-refractivity contribution in [2.75, 3.05) is 28.6 Å². The van der Waals surface area contributed by atoms with Gasteiger partial charge in [-0.05, 0) is 61.5 Å². The maximum Gasteiger partial charge on any atom is 0.249 e. The van der Waals surface area contributed by atoms with Crippen molar-refractivity contribution in [3.63, 3.8) is 0 Å². The first-order valence-electron chi connectivity index (χ1n) is 9.01. The zero-order chi connectivity index (χ0) is 18.8. The van der Waals surface area contributed by atoms with Gasteiger partial charge < -0.3 is 14.5 Å². The Morgan fingerprint density at radius 2 is 1.77 bits per heavy atom. The van der Waals surface area contributed by atoms with E-state index in [9.17, 15) is 4.79 Å². The van der Waals surface area contributed by atoms with Crippen LogP contribution in [0.4, 0.5) is 17.1 Å². The second-order valence-corrected chi connectivity index (χ2v) is 8.25. The molecule has 1 atom stereocenters. The van der Waals surface area contributed by atoms with E-state index < -0.39 is 0 Å². The summed E-state index contributed by atoms with van der Waals surface area (Å²) in [5.74, 6) is 0.642. The Morgan fingerprint density at radius 3 is 2.42 bits per heavy atom. The van der Waals surface area contributed by atoms with E-state index in [2.05, 4.69) is 60.7 Å². The van der Waals surface area contributed by atoms with Gasteiger partial charge in [0.15, 0.2) is 0 Å². The second kappa shape index (κ2) is 7.62. The van der Waals surface area contributed by atoms with Crippen molar-refractivity contribution in [3.05, 3.63) is 48.0 Å². The Bertz CT molecular complexity index is 788. The molecule has 26 heavy (non-hydrogen) atoms. The summed E-state index contributed by atoms with van der Waals surface area (Å²) in [5, 5.41) is 0. The van der Waals surface area contributed by atoms with Crippen molar-refractivity contribution in [3.8, 4) is 0 Å². The summed E-state index contributed by atoms with van der Waals surface area (Å²) in [6.45, 7) is 6.41. The Balaban J connectivity index is 1.81. The van der Waals surface area contributed by atoms with Gasteiger partial charge in [-0.15, -0.1) is 0 Å². The molecule has 4 nitrogen and oxygen atoms in total. The summed E-state index contributed by atoms with van der Waals surface area (Å²) in [6.07, 6.45) is 0.856. The lowest BCUT2D eigenvalue weighted by Crippen LogP contribution is -2.51. The number of amides is 1. The van der Waals surface area contributed by atoms with Gasteiger partial charge in [0.05, 0.1) is 11.4 Å². The zero-order valence-electron chi connectivity index (χ0n) is 16.1. The number of carbonyl (C=O) groups excluding carboxylic acids is 1. The van der Waals surface area contributed by atoms with Gasteiger partial charge in [-0.3, -0.25) is 4.79 Å². The molecule has 0 saturated heterocycles. The topological polar surface area (TPSA) is 35.6 Å². The molecule has 2 aromatic carbocycles. The number of aryl methyl sites for hydroxylation is 1. The van der Waals surface area contributed by atoms with Gasteiger partial charge in [0.1, 0.15) is 6.04 Å². The van der Waals surface area contributed by atoms with Crippen LogP contribution in [0.25, 0.3) is 0 Å². The van der Waals surface area contributed by atoms with Gasteiger partial charge in [0.2, 0.25) is 5.91 Å². The van der Waals surface area contributed by atoms with E-state index in [0.717, 1.165) is 23.5 Å². The first-order chi connectivity index (χ1) is 12.4. The van der Waals surface area contributed by atoms with E-state index >= 15 is 0 Å². The van der Waals surface area contributed by atoms with E-state index in [1.54, 1.807) is 16.8 Å². The number of fused-ring (bicyclic) bond motifs is 1. The predicted octanol–water partition coefficient (Wildman–Crippen LogP) is 4.94. The molecule has 1 amide bonds. The molecule has 1 heterocycles. The van der Waals surface area contributed by atoms with E-state index in [1.807, 2.05) is 26.2 Å². The van der Waals surface area contributed by atoms with Crippen LogP contribution >= 0.6 is 11.9 Å². The molecular weight excluding hydrogens is 342 g/mol. The van der Waals surface area contributed by atoms with Gasteiger partial charge >= 0.3 is 0 Å². The molecule has 5 heteroatoms. The van der Waals surface area contributed by atoms with Crippen molar-refractivity contribution >= 4 is 34.9 Å². The van der Waals surface area contributed by atoms with Gasteiger partial charge in [0, 0.05) is 24.7 Å². The SMILES string of the molecule is Cc1ccc(SNc2ccc3c(c2)N(C)[C@H](CC(C)C)C(=O)N3C)cc1. The van der Waals surface area contributed by atoms with E-state index in [1.165, 1.54) is 10.5 Å². The third kappa shape index (κ3) is 3.83. The molecule has 1 aliphatic heterocycles. The van der Waals surface area contributed by atoms with Crippen LogP contribution in [-0.2, 0) is 4.79 Å². The Kier molecular flexibility index (Phi) is 5.47. The fraction of sp³-hybridized carbons (Fsp3) is 0.381. The van der Waals surface area contributed by atoms with Gasteiger partial charge in [-0.25, -0.2) is 0 Å². The number of hydrogen-bond donors (Lipinski definition) is 1. The van der Waals surface area contributed by atoms with Gasteiger partial charge in [-0.1, -0.05) is 31.5 Å². The quantitative estimate of drug-likeness (QED) is 0.757. The number of nitrogens with one attached hydrogen (secondary N) is 1. The molecule has 3 rings (SSSR count). The monoisotopic (exact) mass is 369 g/mol. The van der Waals surface area contributed by atoms with Crippen LogP contribution in [0.3, 0.4) is 0 Å². The number of benzene rings is 2. The highest BCUT2D eigenvalue weighted by molar-refractivity contribution is 8.00. The number of nitrogens with zero attached hydrogens (tertiary/aromatic N) is 2. The molecule has 0 aliphatic carbocycles. The highest BCUT2D eigenvalue weighted by Gasteiger charge is 2.34. The highest BCUT2D eigenvalue weighted by Crippen LogP contribution is 2.38. The molecule has 0 saturated carbocycles. The van der Waals surface area contributed by atoms with Crippen LogP contribution in [0.2, 0.25) is 0 Å². The average Bonchev–Trinajstić information content (AvgIpc) is 2.62. The highest BCUT2D eigenvalue weighted by atomic mass is 32.2. The summed E-state index contributed by atoms with van der Waals surface area (Å²) in [4.78, 5) is 17.8. The fourth-order valence-electron chi connectivity index (χ4n) is 3.26. The Labute approximate surface area is 160 Å². The van der Waals surface area contributed by atoms with E-state index in [-0.39, 0.29) is 11.9 Å². The molecule has 138 valence electrons. The summed E-state index contributed by atoms with van der Waals surface area (Å²) in [5.41, 5.74) is 4.34. The van der Waals surface area contributed by atoms with Crippen molar-refractivity contribution in [1.29, 1.82) is 0 Å². The third-order valence-electron chi connectivity index (χ3n) is 4.80. The van der Waals surface area contributed by atoms with Crippen LogP contribution < -0.4 is 14.5 Å². The first kappa shape index (κ1) is 18.6. The Hall–Kier alpha value is -2.14. The Morgan fingerprint density at radius 1 is 1.08 bits per heavy atom. The lowest BCUT2D eigenvalue weighted by Gasteiger charge is -2.40. The molecule has 0 unspecified atom stereocenters. The lowest BCUT2D eigenvalue weighted by molar-refractivity contribution is -0.120. The summed E-state index contributed by atoms with van der Waals surface area (Å²) >= 11 is 1.60. The maximum absolute atomic E-state index is 12.7. The first-order valence-corrected chi connectivity index (χ1v) is 9.82. The van der Waals surface area contributed by atoms with Crippen molar-refractivity contribution in [2.45, 2.75) is 38.1 Å². The molecule has 1 N–H and O–H groups in total. The predicted molar refractivity (Wildman–Crippen MR) is 112 cm³/mol. The van der Waals surface area contributed by atoms with Gasteiger partial charge in [-0.2, -0.15) is 0 Å². The van der Waals surface area contributed by atoms with Crippen molar-refractivity contribution in [2.24, 2.45) is 5.92 Å². The van der Waals surface area contributed by atoms with Crippen LogP contribution in [0.5, 0.6) is 0 Å². The van der Waals surface area contributed by atoms with Crippen LogP contribution in [0.1, 0.15) is 25.8 Å².